The summed E-state index contributed by atoms with van der Waals surface area (Å²) in [4.78, 5) is 26.1. The molecule has 130 valence electrons. The van der Waals surface area contributed by atoms with Gasteiger partial charge in [0.05, 0.1) is 13.2 Å². The second kappa shape index (κ2) is 7.32. The first-order chi connectivity index (χ1) is 11.5. The minimum Gasteiger partial charge on any atom is -0.380 e. The molecule has 0 aliphatic carbocycles. The maximum absolute atomic E-state index is 12.2. The lowest BCUT2D eigenvalue weighted by Crippen LogP contribution is -2.63. The largest absolute Gasteiger partial charge is 0.380 e. The molecule has 3 rings (SSSR count). The SMILES string of the molecule is Cc1cc(C)cc(C(=O)NCC(=O)N2CC(NC3CCOC3)C2)c1. The van der Waals surface area contributed by atoms with E-state index in [1.54, 1.807) is 4.90 Å². The Bertz CT molecular complexity index is 600. The summed E-state index contributed by atoms with van der Waals surface area (Å²) in [5.41, 5.74) is 2.68. The number of amides is 2. The van der Waals surface area contributed by atoms with E-state index in [9.17, 15) is 9.59 Å². The Kier molecular flexibility index (Phi) is 5.16. The standard InChI is InChI=1S/C18H25N3O3/c1-12-5-13(2)7-14(6-12)18(23)19-8-17(22)21-9-16(10-21)20-15-3-4-24-11-15/h5-7,15-16,20H,3-4,8-11H2,1-2H3,(H,19,23). The molecule has 24 heavy (non-hydrogen) atoms. The van der Waals surface area contributed by atoms with Crippen LogP contribution in [0.5, 0.6) is 0 Å². The summed E-state index contributed by atoms with van der Waals surface area (Å²) in [5, 5.41) is 6.22. The van der Waals surface area contributed by atoms with Gasteiger partial charge in [-0.05, 0) is 32.4 Å². The van der Waals surface area contributed by atoms with Crippen LogP contribution in [0.3, 0.4) is 0 Å². The zero-order valence-electron chi connectivity index (χ0n) is 14.3. The Morgan fingerprint density at radius 2 is 1.88 bits per heavy atom. The second-order valence-corrected chi connectivity index (χ2v) is 6.78. The topological polar surface area (TPSA) is 70.7 Å². The van der Waals surface area contributed by atoms with Crippen LogP contribution >= 0.6 is 0 Å². The summed E-state index contributed by atoms with van der Waals surface area (Å²) >= 11 is 0. The third-order valence-corrected chi connectivity index (χ3v) is 4.52. The van der Waals surface area contributed by atoms with E-state index in [-0.39, 0.29) is 18.4 Å². The third kappa shape index (κ3) is 4.13. The van der Waals surface area contributed by atoms with Crippen molar-refractivity contribution in [3.63, 3.8) is 0 Å². The Morgan fingerprint density at radius 3 is 2.50 bits per heavy atom. The smallest absolute Gasteiger partial charge is 0.251 e. The fourth-order valence-corrected chi connectivity index (χ4v) is 3.26. The van der Waals surface area contributed by atoms with Gasteiger partial charge in [0, 0.05) is 37.3 Å². The lowest BCUT2D eigenvalue weighted by Gasteiger charge is -2.41. The predicted molar refractivity (Wildman–Crippen MR) is 91.0 cm³/mol. The van der Waals surface area contributed by atoms with Gasteiger partial charge >= 0.3 is 0 Å². The molecular weight excluding hydrogens is 306 g/mol. The molecule has 2 amide bonds. The van der Waals surface area contributed by atoms with E-state index < -0.39 is 0 Å². The van der Waals surface area contributed by atoms with Gasteiger partial charge in [0.2, 0.25) is 5.91 Å². The van der Waals surface area contributed by atoms with Crippen LogP contribution in [0.15, 0.2) is 18.2 Å². The number of likely N-dealkylation sites (tertiary alicyclic amines) is 1. The molecule has 0 spiro atoms. The number of carbonyl (C=O) groups excluding carboxylic acids is 2. The highest BCUT2D eigenvalue weighted by Gasteiger charge is 2.32. The second-order valence-electron chi connectivity index (χ2n) is 6.78. The molecule has 1 aromatic carbocycles. The van der Waals surface area contributed by atoms with Crippen molar-refractivity contribution in [2.24, 2.45) is 0 Å². The Balaban J connectivity index is 1.40. The van der Waals surface area contributed by atoms with E-state index in [4.69, 9.17) is 4.74 Å². The monoisotopic (exact) mass is 331 g/mol. The van der Waals surface area contributed by atoms with Crippen LogP contribution < -0.4 is 10.6 Å². The molecule has 1 aromatic rings. The number of hydrogen-bond acceptors (Lipinski definition) is 4. The summed E-state index contributed by atoms with van der Waals surface area (Å²) in [6.07, 6.45) is 1.04. The third-order valence-electron chi connectivity index (χ3n) is 4.52. The predicted octanol–water partition coefficient (Wildman–Crippen LogP) is 0.623. The number of nitrogens with zero attached hydrogens (tertiary/aromatic N) is 1. The van der Waals surface area contributed by atoms with Crippen molar-refractivity contribution in [2.75, 3.05) is 32.8 Å². The number of carbonyl (C=O) groups is 2. The highest BCUT2D eigenvalue weighted by Crippen LogP contribution is 2.12. The van der Waals surface area contributed by atoms with E-state index in [1.165, 1.54) is 0 Å². The van der Waals surface area contributed by atoms with Crippen molar-refractivity contribution < 1.29 is 14.3 Å². The van der Waals surface area contributed by atoms with Gasteiger partial charge in [-0.2, -0.15) is 0 Å². The molecule has 0 radical (unpaired) electrons. The number of hydrogen-bond donors (Lipinski definition) is 2. The van der Waals surface area contributed by atoms with Gasteiger partial charge in [-0.1, -0.05) is 17.2 Å². The van der Waals surface area contributed by atoms with Crippen LogP contribution in [-0.4, -0.2) is 61.6 Å². The van der Waals surface area contributed by atoms with Gasteiger partial charge in [-0.25, -0.2) is 0 Å². The first-order valence-corrected chi connectivity index (χ1v) is 8.49. The van der Waals surface area contributed by atoms with Crippen LogP contribution in [0.4, 0.5) is 0 Å². The molecule has 2 aliphatic rings. The fraction of sp³-hybridized carbons (Fsp3) is 0.556. The van der Waals surface area contributed by atoms with Crippen LogP contribution in [0, 0.1) is 13.8 Å². The van der Waals surface area contributed by atoms with Crippen LogP contribution in [0.2, 0.25) is 0 Å². The zero-order valence-corrected chi connectivity index (χ0v) is 14.3. The molecule has 0 bridgehead atoms. The first-order valence-electron chi connectivity index (χ1n) is 8.49. The lowest BCUT2D eigenvalue weighted by atomic mass is 10.1. The number of aryl methyl sites for hydroxylation is 2. The van der Waals surface area contributed by atoms with Crippen molar-refractivity contribution in [3.05, 3.63) is 34.9 Å². The summed E-state index contributed by atoms with van der Waals surface area (Å²) in [6, 6.07) is 6.44. The van der Waals surface area contributed by atoms with Gasteiger partial charge in [0.1, 0.15) is 0 Å². The molecule has 0 saturated carbocycles. The lowest BCUT2D eigenvalue weighted by molar-refractivity contribution is -0.135. The van der Waals surface area contributed by atoms with Crippen molar-refractivity contribution in [3.8, 4) is 0 Å². The molecule has 6 nitrogen and oxygen atoms in total. The molecular formula is C18H25N3O3. The van der Waals surface area contributed by atoms with E-state index in [1.807, 2.05) is 32.0 Å². The molecule has 2 aliphatic heterocycles. The maximum Gasteiger partial charge on any atom is 0.251 e. The summed E-state index contributed by atoms with van der Waals surface area (Å²) < 4.78 is 5.33. The molecule has 2 heterocycles. The number of ether oxygens (including phenoxy) is 1. The van der Waals surface area contributed by atoms with Gasteiger partial charge < -0.3 is 20.3 Å². The molecule has 6 heteroatoms. The van der Waals surface area contributed by atoms with Crippen molar-refractivity contribution in [2.45, 2.75) is 32.4 Å². The molecule has 1 atom stereocenters. The van der Waals surface area contributed by atoms with Crippen molar-refractivity contribution >= 4 is 11.8 Å². The zero-order chi connectivity index (χ0) is 17.1. The minimum absolute atomic E-state index is 0.0338. The van der Waals surface area contributed by atoms with E-state index in [2.05, 4.69) is 10.6 Å². The van der Waals surface area contributed by atoms with Gasteiger partial charge in [-0.3, -0.25) is 9.59 Å². The van der Waals surface area contributed by atoms with E-state index in [0.29, 0.717) is 30.7 Å². The van der Waals surface area contributed by atoms with E-state index in [0.717, 1.165) is 30.8 Å². The summed E-state index contributed by atoms with van der Waals surface area (Å²) in [5.74, 6) is -0.234. The normalized spacial score (nSPS) is 20.8. The molecule has 0 aromatic heterocycles. The highest BCUT2D eigenvalue weighted by atomic mass is 16.5. The Morgan fingerprint density at radius 1 is 1.17 bits per heavy atom. The number of rotatable bonds is 5. The molecule has 2 N–H and O–H groups in total. The van der Waals surface area contributed by atoms with Crippen molar-refractivity contribution in [1.82, 2.24) is 15.5 Å². The average Bonchev–Trinajstić information content (AvgIpc) is 2.99. The van der Waals surface area contributed by atoms with Gasteiger partial charge in [0.25, 0.3) is 5.91 Å². The average molecular weight is 331 g/mol. The number of benzene rings is 1. The van der Waals surface area contributed by atoms with Gasteiger partial charge in [0.15, 0.2) is 0 Å². The quantitative estimate of drug-likeness (QED) is 0.830. The highest BCUT2D eigenvalue weighted by molar-refractivity contribution is 5.96. The molecule has 1 unspecified atom stereocenters. The molecule has 2 fully saturated rings. The molecule has 2 saturated heterocycles. The first kappa shape index (κ1) is 16.9. The Hall–Kier alpha value is -1.92. The van der Waals surface area contributed by atoms with Crippen LogP contribution in [-0.2, 0) is 9.53 Å². The van der Waals surface area contributed by atoms with Gasteiger partial charge in [-0.15, -0.1) is 0 Å². The maximum atomic E-state index is 12.2. The van der Waals surface area contributed by atoms with Crippen LogP contribution in [0.25, 0.3) is 0 Å². The van der Waals surface area contributed by atoms with Crippen molar-refractivity contribution in [1.29, 1.82) is 0 Å². The summed E-state index contributed by atoms with van der Waals surface area (Å²) in [6.45, 7) is 6.94. The fourth-order valence-electron chi connectivity index (χ4n) is 3.26. The summed E-state index contributed by atoms with van der Waals surface area (Å²) in [7, 11) is 0. The number of nitrogens with one attached hydrogen (secondary N) is 2. The van der Waals surface area contributed by atoms with E-state index >= 15 is 0 Å². The Labute approximate surface area is 142 Å². The minimum atomic E-state index is -0.201. The van der Waals surface area contributed by atoms with Crippen LogP contribution in [0.1, 0.15) is 27.9 Å².